The van der Waals surface area contributed by atoms with E-state index in [-0.39, 0.29) is 0 Å². The van der Waals surface area contributed by atoms with Crippen molar-refractivity contribution in [1.82, 2.24) is 4.98 Å². The van der Waals surface area contributed by atoms with Gasteiger partial charge < -0.3 is 4.98 Å². The summed E-state index contributed by atoms with van der Waals surface area (Å²) in [5.74, 6) is 0. The first-order valence-corrected chi connectivity index (χ1v) is 3.99. The second-order valence-corrected chi connectivity index (χ2v) is 2.24. The van der Waals surface area contributed by atoms with Gasteiger partial charge in [-0.05, 0) is 12.1 Å². The summed E-state index contributed by atoms with van der Waals surface area (Å²) in [5.41, 5.74) is 0. The van der Waals surface area contributed by atoms with Gasteiger partial charge in [0, 0.05) is 12.4 Å². The second-order valence-electron chi connectivity index (χ2n) is 2.24. The molecule has 0 spiro atoms. The molecule has 1 aromatic rings. The van der Waals surface area contributed by atoms with Crippen molar-refractivity contribution in [2.75, 3.05) is 0 Å². The van der Waals surface area contributed by atoms with Crippen LogP contribution in [0.25, 0.3) is 0 Å². The van der Waals surface area contributed by atoms with Gasteiger partial charge in [0.25, 0.3) is 0 Å². The van der Waals surface area contributed by atoms with Crippen molar-refractivity contribution in [2.24, 2.45) is 0 Å². The van der Waals surface area contributed by atoms with Gasteiger partial charge in [-0.15, -0.1) is 0 Å². The molecule has 0 bridgehead atoms. The predicted molar refractivity (Wildman–Crippen MR) is 54.1 cm³/mol. The van der Waals surface area contributed by atoms with Crippen LogP contribution in [0.5, 0.6) is 0 Å². The number of H-pyrrole nitrogens is 1. The molecule has 0 aliphatic carbocycles. The summed E-state index contributed by atoms with van der Waals surface area (Å²) >= 11 is 0. The van der Waals surface area contributed by atoms with Crippen LogP contribution in [-0.2, 0) is 0 Å². The minimum Gasteiger partial charge on any atom is -0.368 e. The smallest absolute Gasteiger partial charge is 0.0776 e. The SMILES string of the molecule is BBBCC.c1cc[nH]c1. The van der Waals surface area contributed by atoms with Crippen LogP contribution in [0.2, 0.25) is 6.32 Å². The molecule has 0 aliphatic rings. The van der Waals surface area contributed by atoms with Crippen LogP contribution >= 0.6 is 0 Å². The van der Waals surface area contributed by atoms with Crippen LogP contribution in [0.4, 0.5) is 0 Å². The van der Waals surface area contributed by atoms with Gasteiger partial charge in [0.15, 0.2) is 0 Å². The Labute approximate surface area is 65.5 Å². The van der Waals surface area contributed by atoms with E-state index in [1.807, 2.05) is 24.5 Å². The lowest BCUT2D eigenvalue weighted by molar-refractivity contribution is 1.42. The lowest BCUT2D eigenvalue weighted by Crippen LogP contribution is -1.98. The predicted octanol–water partition coefficient (Wildman–Crippen LogP) is -0.225. The minimum atomic E-state index is 1.34. The molecule has 0 saturated heterocycles. The summed E-state index contributed by atoms with van der Waals surface area (Å²) in [5, 5.41) is 0. The van der Waals surface area contributed by atoms with Crippen molar-refractivity contribution in [1.29, 1.82) is 0 Å². The average molecular weight is 133 g/mol. The van der Waals surface area contributed by atoms with Crippen LogP contribution in [0.15, 0.2) is 24.5 Å². The van der Waals surface area contributed by atoms with Gasteiger partial charge >= 0.3 is 0 Å². The van der Waals surface area contributed by atoms with E-state index in [0.717, 1.165) is 0 Å². The molecule has 1 nitrogen and oxygen atoms in total. The van der Waals surface area contributed by atoms with Crippen LogP contribution in [0.1, 0.15) is 6.92 Å². The summed E-state index contributed by atoms with van der Waals surface area (Å²) in [6, 6.07) is 3.89. The van der Waals surface area contributed by atoms with Crippen molar-refractivity contribution in [3.05, 3.63) is 24.5 Å². The average Bonchev–Trinajstić information content (AvgIpc) is 2.44. The normalized spacial score (nSPS) is 7.30. The van der Waals surface area contributed by atoms with Crippen molar-refractivity contribution >= 4 is 22.0 Å². The Hall–Kier alpha value is -0.525. The zero-order valence-corrected chi connectivity index (χ0v) is 6.93. The third-order valence-electron chi connectivity index (χ3n) is 1.20. The first-order chi connectivity index (χ1) is 4.91. The summed E-state index contributed by atoms with van der Waals surface area (Å²) in [7, 11) is 4.94. The van der Waals surface area contributed by atoms with Gasteiger partial charge in [0.05, 0.1) is 22.0 Å². The van der Waals surface area contributed by atoms with Gasteiger partial charge in [0.1, 0.15) is 0 Å². The van der Waals surface area contributed by atoms with Gasteiger partial charge in [-0.1, -0.05) is 13.2 Å². The fourth-order valence-corrected chi connectivity index (χ4v) is 0.631. The molecule has 1 aromatic heterocycles. The molecule has 0 aliphatic heterocycles. The van der Waals surface area contributed by atoms with Gasteiger partial charge in [-0.2, -0.15) is 0 Å². The Morgan fingerprint density at radius 2 is 2.00 bits per heavy atom. The van der Waals surface area contributed by atoms with Gasteiger partial charge in [-0.25, -0.2) is 0 Å². The maximum atomic E-state index is 2.86. The van der Waals surface area contributed by atoms with Crippen molar-refractivity contribution in [2.45, 2.75) is 13.2 Å². The Balaban J connectivity index is 0.000000162. The summed E-state index contributed by atoms with van der Waals surface area (Å²) in [4.78, 5) is 2.86. The standard InChI is InChI=1S/C4H5N.C2H9B3/c1-2-4-5-3-1;1-2-4-5-3/h1-5H;4-5H,2-3H2,1H3. The molecule has 0 atom stereocenters. The van der Waals surface area contributed by atoms with Crippen molar-refractivity contribution in [3.63, 3.8) is 0 Å². The third-order valence-corrected chi connectivity index (χ3v) is 1.20. The number of nitrogens with one attached hydrogen (secondary N) is 1. The van der Waals surface area contributed by atoms with Crippen molar-refractivity contribution < 1.29 is 0 Å². The van der Waals surface area contributed by atoms with E-state index in [4.69, 9.17) is 0 Å². The largest absolute Gasteiger partial charge is 0.368 e. The van der Waals surface area contributed by atoms with Crippen LogP contribution < -0.4 is 0 Å². The zero-order chi connectivity index (χ0) is 7.66. The fraction of sp³-hybridized carbons (Fsp3) is 0.333. The van der Waals surface area contributed by atoms with Crippen LogP contribution in [0, 0.1) is 0 Å². The molecule has 0 amide bonds. The number of hydrogen-bond acceptors (Lipinski definition) is 0. The van der Waals surface area contributed by atoms with Crippen LogP contribution in [0.3, 0.4) is 0 Å². The number of rotatable bonds is 2. The zero-order valence-electron chi connectivity index (χ0n) is 6.93. The molecular formula is C6H14B3N. The number of aromatic nitrogens is 1. The molecule has 0 unspecified atom stereocenters. The molecule has 52 valence electrons. The molecule has 4 heteroatoms. The molecule has 0 aromatic carbocycles. The van der Waals surface area contributed by atoms with E-state index in [9.17, 15) is 0 Å². The Morgan fingerprint density at radius 3 is 2.10 bits per heavy atom. The van der Waals surface area contributed by atoms with E-state index in [1.165, 1.54) is 20.6 Å². The molecule has 0 fully saturated rings. The van der Waals surface area contributed by atoms with E-state index in [1.54, 1.807) is 0 Å². The van der Waals surface area contributed by atoms with E-state index in [0.29, 0.717) is 0 Å². The lowest BCUT2D eigenvalue weighted by atomic mass is 9.27. The van der Waals surface area contributed by atoms with Gasteiger partial charge in [-0.3, -0.25) is 0 Å². The highest BCUT2D eigenvalue weighted by atomic mass is 14.6. The molecule has 1 heterocycles. The quantitative estimate of drug-likeness (QED) is 0.536. The highest BCUT2D eigenvalue weighted by Gasteiger charge is 1.75. The van der Waals surface area contributed by atoms with Crippen LogP contribution in [-0.4, -0.2) is 27.0 Å². The molecule has 1 rings (SSSR count). The Morgan fingerprint density at radius 1 is 1.40 bits per heavy atom. The maximum Gasteiger partial charge on any atom is 0.0776 e. The minimum absolute atomic E-state index is 1.34. The first-order valence-electron chi connectivity index (χ1n) is 3.99. The molecule has 1 N–H and O–H groups in total. The van der Waals surface area contributed by atoms with Crippen molar-refractivity contribution in [3.8, 4) is 0 Å². The summed E-state index contributed by atoms with van der Waals surface area (Å²) in [6.07, 6.45) is 5.09. The fourth-order valence-electron chi connectivity index (χ4n) is 0.631. The molecule has 0 saturated carbocycles. The highest BCUT2D eigenvalue weighted by Crippen LogP contribution is 1.72. The summed E-state index contributed by atoms with van der Waals surface area (Å²) in [6.45, 7) is 2.21. The third kappa shape index (κ3) is 7.47. The molecular weight excluding hydrogens is 119 g/mol. The second kappa shape index (κ2) is 8.47. The maximum absolute atomic E-state index is 2.86. The highest BCUT2D eigenvalue weighted by molar-refractivity contribution is 7.23. The Kier molecular flexibility index (Phi) is 8.03. The summed E-state index contributed by atoms with van der Waals surface area (Å²) < 4.78 is 0. The topological polar surface area (TPSA) is 15.8 Å². The molecule has 10 heavy (non-hydrogen) atoms. The number of hydrogen-bond donors (Lipinski definition) is 1. The lowest BCUT2D eigenvalue weighted by Gasteiger charge is -1.72. The number of aromatic amines is 1. The van der Waals surface area contributed by atoms with E-state index >= 15 is 0 Å². The van der Waals surface area contributed by atoms with Gasteiger partial charge in [0.2, 0.25) is 0 Å². The Bertz CT molecular complexity index is 99.3. The van der Waals surface area contributed by atoms with E-state index < -0.39 is 0 Å². The first kappa shape index (κ1) is 9.47. The molecule has 0 radical (unpaired) electrons. The van der Waals surface area contributed by atoms with E-state index in [2.05, 4.69) is 19.6 Å². The monoisotopic (exact) mass is 133 g/mol.